The summed E-state index contributed by atoms with van der Waals surface area (Å²) in [7, 11) is 3.28. The van der Waals surface area contributed by atoms with Crippen LogP contribution >= 0.6 is 0 Å². The first-order valence-electron chi connectivity index (χ1n) is 11.4. The summed E-state index contributed by atoms with van der Waals surface area (Å²) in [6, 6.07) is 0.967. The minimum absolute atomic E-state index is 0.00358. The van der Waals surface area contributed by atoms with Crippen LogP contribution in [0.15, 0.2) is 6.07 Å². The lowest BCUT2D eigenvalue weighted by Crippen LogP contribution is -2.67. The van der Waals surface area contributed by atoms with E-state index in [1.807, 2.05) is 6.92 Å². The van der Waals surface area contributed by atoms with Gasteiger partial charge in [-0.15, -0.1) is 0 Å². The molecule has 1 aromatic carbocycles. The van der Waals surface area contributed by atoms with Crippen molar-refractivity contribution in [3.63, 3.8) is 0 Å². The Balaban J connectivity index is 2.20. The number of amides is 1. The zero-order valence-corrected chi connectivity index (χ0v) is 19.7. The van der Waals surface area contributed by atoms with Gasteiger partial charge in [-0.1, -0.05) is 13.0 Å². The number of ketones is 3. The van der Waals surface area contributed by atoms with E-state index in [-0.39, 0.29) is 30.7 Å². The molecule has 1 amide bonds. The molecular formula is C24H33N3O7. The number of likely N-dealkylation sites (N-methyl/N-ethyl adjacent to an activating group) is 1. The van der Waals surface area contributed by atoms with Gasteiger partial charge in [0.15, 0.2) is 23.0 Å². The number of nitrogens with zero attached hydrogens (tertiary/aromatic N) is 1. The first-order valence-corrected chi connectivity index (χ1v) is 11.4. The normalized spacial score (nSPS) is 27.3. The number of aliphatic hydroxyl groups excluding tert-OH is 1. The van der Waals surface area contributed by atoms with E-state index >= 15 is 0 Å². The number of nitrogens with two attached hydrogens (primary N) is 2. The van der Waals surface area contributed by atoms with Crippen molar-refractivity contribution >= 4 is 23.3 Å². The molecule has 2 unspecified atom stereocenters. The molecule has 34 heavy (non-hydrogen) atoms. The van der Waals surface area contributed by atoms with E-state index < -0.39 is 65.7 Å². The molecule has 0 heterocycles. The Kier molecular flexibility index (Phi) is 7.28. The van der Waals surface area contributed by atoms with E-state index in [4.69, 9.17) is 11.5 Å². The molecule has 186 valence electrons. The summed E-state index contributed by atoms with van der Waals surface area (Å²) >= 11 is 0. The van der Waals surface area contributed by atoms with Crippen molar-refractivity contribution in [3.05, 3.63) is 28.3 Å². The largest absolute Gasteiger partial charge is 0.507 e. The van der Waals surface area contributed by atoms with E-state index in [0.29, 0.717) is 17.5 Å². The van der Waals surface area contributed by atoms with Crippen LogP contribution in [0.25, 0.3) is 0 Å². The Bertz CT molecular complexity index is 1040. The fraction of sp³-hybridized carbons (Fsp3) is 0.583. The quantitative estimate of drug-likeness (QED) is 0.296. The van der Waals surface area contributed by atoms with Gasteiger partial charge in [0.25, 0.3) is 0 Å². The van der Waals surface area contributed by atoms with Crippen LogP contribution in [0.2, 0.25) is 0 Å². The van der Waals surface area contributed by atoms with E-state index in [9.17, 15) is 34.5 Å². The van der Waals surface area contributed by atoms with Crippen LogP contribution in [0.3, 0.4) is 0 Å². The maximum absolute atomic E-state index is 13.7. The van der Waals surface area contributed by atoms with Gasteiger partial charge in [-0.2, -0.15) is 0 Å². The number of benzene rings is 1. The van der Waals surface area contributed by atoms with E-state index in [0.717, 1.165) is 5.56 Å². The van der Waals surface area contributed by atoms with E-state index in [2.05, 4.69) is 0 Å². The molecule has 0 saturated heterocycles. The molecule has 2 aliphatic rings. The molecule has 1 saturated carbocycles. The number of primary amides is 1. The fourth-order valence-corrected chi connectivity index (χ4v) is 5.74. The monoisotopic (exact) mass is 475 g/mol. The van der Waals surface area contributed by atoms with Crippen LogP contribution in [0, 0.1) is 17.8 Å². The minimum Gasteiger partial charge on any atom is -0.507 e. The highest BCUT2D eigenvalue weighted by Crippen LogP contribution is 2.49. The maximum Gasteiger partial charge on any atom is 0.225 e. The lowest BCUT2D eigenvalue weighted by atomic mass is 9.56. The second kappa shape index (κ2) is 9.53. The van der Waals surface area contributed by atoms with Crippen LogP contribution in [0.4, 0.5) is 0 Å². The topological polar surface area (TPSA) is 184 Å². The molecule has 0 bridgehead atoms. The number of carbonyl (C=O) groups excluding carboxylic acids is 4. The second-order valence-corrected chi connectivity index (χ2v) is 9.51. The summed E-state index contributed by atoms with van der Waals surface area (Å²) in [5.74, 6) is -7.10. The van der Waals surface area contributed by atoms with Crippen LogP contribution in [0.5, 0.6) is 5.75 Å². The number of aryl methyl sites for hydroxylation is 1. The maximum atomic E-state index is 13.7. The van der Waals surface area contributed by atoms with Crippen molar-refractivity contribution < 1.29 is 34.5 Å². The van der Waals surface area contributed by atoms with Crippen LogP contribution in [-0.2, 0) is 33.8 Å². The Morgan fingerprint density at radius 1 is 1.26 bits per heavy atom. The number of aliphatic hydroxyl groups is 2. The molecule has 10 heteroatoms. The number of phenolic OH excluding ortho intramolecular Hbond substituents is 1. The summed E-state index contributed by atoms with van der Waals surface area (Å²) in [6.45, 7) is 1.44. The van der Waals surface area contributed by atoms with Crippen LogP contribution < -0.4 is 11.5 Å². The third-order valence-electron chi connectivity index (χ3n) is 7.47. The van der Waals surface area contributed by atoms with Crippen molar-refractivity contribution in [2.45, 2.75) is 50.8 Å². The van der Waals surface area contributed by atoms with Gasteiger partial charge < -0.3 is 31.7 Å². The van der Waals surface area contributed by atoms with Gasteiger partial charge in [-0.3, -0.25) is 19.2 Å². The molecule has 0 spiro atoms. The molecule has 1 fully saturated rings. The third kappa shape index (κ3) is 3.94. The summed E-state index contributed by atoms with van der Waals surface area (Å²) < 4.78 is 0. The SMILES string of the molecule is CCc1cc(CN)c(O)c2c1C[C@H]1C[C@@H](C(CO)N(C)C)[C@@](O)(C(=O)CC(N)=O)C(=O)C1C2=O. The highest BCUT2D eigenvalue weighted by Gasteiger charge is 2.62. The van der Waals surface area contributed by atoms with Gasteiger partial charge in [0.05, 0.1) is 24.5 Å². The number of hydrogen-bond acceptors (Lipinski definition) is 9. The third-order valence-corrected chi connectivity index (χ3v) is 7.47. The molecule has 0 radical (unpaired) electrons. The minimum atomic E-state index is -2.68. The van der Waals surface area contributed by atoms with Crippen molar-refractivity contribution in [1.82, 2.24) is 4.90 Å². The smallest absolute Gasteiger partial charge is 0.225 e. The van der Waals surface area contributed by atoms with Gasteiger partial charge in [0, 0.05) is 24.1 Å². The number of fused-ring (bicyclic) bond motifs is 2. The number of rotatable bonds is 8. The fourth-order valence-electron chi connectivity index (χ4n) is 5.74. The van der Waals surface area contributed by atoms with Crippen molar-refractivity contribution in [2.24, 2.45) is 29.2 Å². The molecule has 2 aliphatic carbocycles. The average molecular weight is 476 g/mol. The van der Waals surface area contributed by atoms with Gasteiger partial charge >= 0.3 is 0 Å². The predicted molar refractivity (Wildman–Crippen MR) is 122 cm³/mol. The molecule has 5 atom stereocenters. The lowest BCUT2D eigenvalue weighted by molar-refractivity contribution is -0.171. The molecule has 1 aromatic rings. The molecule has 0 aliphatic heterocycles. The first-order chi connectivity index (χ1) is 15.9. The standard InChI is InChI=1S/C24H33N3O7/c1-4-11-5-13(9-25)21(31)20-14(11)6-12-7-15(16(10-28)27(2)3)24(34,17(29)8-18(26)30)23(33)19(12)22(20)32/h5,12,15-16,19,28,31,34H,4,6-10,25H2,1-3H3,(H2,26,30)/t12-,15-,16?,19?,24+/m0/s1. The number of carbonyl (C=O) groups is 4. The zero-order valence-electron chi connectivity index (χ0n) is 19.7. The van der Waals surface area contributed by atoms with E-state index in [1.165, 1.54) is 0 Å². The highest BCUT2D eigenvalue weighted by atomic mass is 16.3. The highest BCUT2D eigenvalue weighted by molar-refractivity contribution is 6.24. The van der Waals surface area contributed by atoms with Gasteiger partial charge in [0.1, 0.15) is 5.75 Å². The lowest BCUT2D eigenvalue weighted by Gasteiger charge is -2.49. The number of Topliss-reactive ketones (excluding diaryl/α,β-unsaturated/α-hetero) is 3. The van der Waals surface area contributed by atoms with Crippen molar-refractivity contribution in [3.8, 4) is 5.75 Å². The van der Waals surface area contributed by atoms with Gasteiger partial charge in [0.2, 0.25) is 5.91 Å². The molecule has 10 nitrogen and oxygen atoms in total. The predicted octanol–water partition coefficient (Wildman–Crippen LogP) is -0.928. The second-order valence-electron chi connectivity index (χ2n) is 9.51. The Hall–Kier alpha value is -2.66. The molecular weight excluding hydrogens is 442 g/mol. The summed E-state index contributed by atoms with van der Waals surface area (Å²) in [5.41, 5.74) is 10.1. The zero-order chi connectivity index (χ0) is 25.5. The van der Waals surface area contributed by atoms with Gasteiger partial charge in [-0.05, 0) is 50.4 Å². The number of aromatic hydroxyl groups is 1. The van der Waals surface area contributed by atoms with Crippen LogP contribution in [0.1, 0.15) is 46.8 Å². The number of hydrogen-bond donors (Lipinski definition) is 5. The Morgan fingerprint density at radius 2 is 1.91 bits per heavy atom. The first kappa shape index (κ1) is 26.0. The Labute approximate surface area is 197 Å². The van der Waals surface area contributed by atoms with Crippen LogP contribution in [-0.4, -0.2) is 75.8 Å². The summed E-state index contributed by atoms with van der Waals surface area (Å²) in [4.78, 5) is 53.5. The Morgan fingerprint density at radius 3 is 2.41 bits per heavy atom. The molecule has 0 aromatic heterocycles. The molecule has 7 N–H and O–H groups in total. The van der Waals surface area contributed by atoms with Crippen molar-refractivity contribution in [2.75, 3.05) is 20.7 Å². The van der Waals surface area contributed by atoms with Gasteiger partial charge in [-0.25, -0.2) is 0 Å². The summed E-state index contributed by atoms with van der Waals surface area (Å²) in [6.07, 6.45) is 0.0560. The summed E-state index contributed by atoms with van der Waals surface area (Å²) in [5, 5.41) is 32.4. The van der Waals surface area contributed by atoms with Crippen molar-refractivity contribution in [1.29, 1.82) is 0 Å². The number of phenols is 1. The van der Waals surface area contributed by atoms with E-state index in [1.54, 1.807) is 25.1 Å². The molecule has 3 rings (SSSR count). The average Bonchev–Trinajstić information content (AvgIpc) is 2.76.